The number of imidazole rings is 1. The summed E-state index contributed by atoms with van der Waals surface area (Å²) in [5.41, 5.74) is 3.34. The third-order valence-corrected chi connectivity index (χ3v) is 13.9. The van der Waals surface area contributed by atoms with Gasteiger partial charge in [-0.3, -0.25) is 14.5 Å². The number of anilines is 3. The molecule has 0 spiro atoms. The summed E-state index contributed by atoms with van der Waals surface area (Å²) in [5.74, 6) is -1.41. The molecule has 1 amide bonds. The van der Waals surface area contributed by atoms with Crippen LogP contribution in [-0.4, -0.2) is 96.3 Å². The molecule has 2 aliphatic rings. The Morgan fingerprint density at radius 2 is 1.79 bits per heavy atom. The summed E-state index contributed by atoms with van der Waals surface area (Å²) in [5, 5.41) is 8.31. The van der Waals surface area contributed by atoms with Crippen LogP contribution in [-0.2, 0) is 27.5 Å². The van der Waals surface area contributed by atoms with Gasteiger partial charge in [0.2, 0.25) is 0 Å². The van der Waals surface area contributed by atoms with Gasteiger partial charge in [0.25, 0.3) is 5.91 Å². The quantitative estimate of drug-likeness (QED) is 0.0845. The lowest BCUT2D eigenvalue weighted by molar-refractivity contribution is 0.0370. The molecular formula is C42H42FN7O5S3. The fourth-order valence-corrected chi connectivity index (χ4v) is 10.2. The Morgan fingerprint density at radius 1 is 0.966 bits per heavy atom. The molecule has 0 radical (unpaired) electrons. The van der Waals surface area contributed by atoms with E-state index in [-0.39, 0.29) is 28.2 Å². The molecule has 1 fully saturated rings. The van der Waals surface area contributed by atoms with Gasteiger partial charge in [-0.15, -0.1) is 23.1 Å². The third kappa shape index (κ3) is 9.42. The first kappa shape index (κ1) is 39.7. The number of ketones is 1. The largest absolute Gasteiger partial charge is 0.379 e. The number of ether oxygens (including phenoxy) is 1. The van der Waals surface area contributed by atoms with Crippen LogP contribution in [0.15, 0.2) is 112 Å². The molecule has 2 N–H and O–H groups in total. The highest BCUT2D eigenvalue weighted by molar-refractivity contribution is 7.99. The number of nitrogens with one attached hydrogen (secondary N) is 2. The second kappa shape index (κ2) is 17.8. The van der Waals surface area contributed by atoms with Crippen LogP contribution in [0.3, 0.4) is 0 Å². The number of benzene rings is 3. The van der Waals surface area contributed by atoms with Crippen molar-refractivity contribution in [2.45, 2.75) is 35.2 Å². The zero-order chi connectivity index (χ0) is 40.1. The van der Waals surface area contributed by atoms with Crippen molar-refractivity contribution < 1.29 is 27.1 Å². The van der Waals surface area contributed by atoms with E-state index in [1.54, 1.807) is 29.4 Å². The first-order chi connectivity index (χ1) is 28.2. The minimum Gasteiger partial charge on any atom is -0.379 e. The van der Waals surface area contributed by atoms with E-state index in [0.717, 1.165) is 48.1 Å². The number of thioether (sulfide) groups is 1. The molecule has 1 atom stereocenters. The SMILES string of the molecule is O=C(CS(=O)(=O)c1ccc(N[C@H](CCN2CCOCC2)CSc2ccccc2)c(F)c1)c1csc(N2CCc3cccc(C(=O)Nc4cn5ccccc5n4)c3C2)n1. The van der Waals surface area contributed by atoms with Crippen molar-refractivity contribution in [2.24, 2.45) is 0 Å². The molecule has 5 heterocycles. The summed E-state index contributed by atoms with van der Waals surface area (Å²) in [7, 11) is -4.19. The summed E-state index contributed by atoms with van der Waals surface area (Å²) in [4.78, 5) is 41.0. The molecule has 3 aromatic heterocycles. The Bertz CT molecular complexity index is 2490. The number of carbonyl (C=O) groups is 2. The lowest BCUT2D eigenvalue weighted by Gasteiger charge is -2.29. The second-order valence-electron chi connectivity index (χ2n) is 14.2. The molecule has 3 aromatic carbocycles. The molecule has 6 aromatic rings. The van der Waals surface area contributed by atoms with Crippen LogP contribution in [0.2, 0.25) is 0 Å². The van der Waals surface area contributed by atoms with Crippen LogP contribution in [0.1, 0.15) is 38.4 Å². The van der Waals surface area contributed by atoms with Crippen LogP contribution in [0.25, 0.3) is 5.65 Å². The number of amides is 1. The number of fused-ring (bicyclic) bond motifs is 2. The number of morpholine rings is 1. The number of rotatable bonds is 15. The second-order valence-corrected chi connectivity index (χ2v) is 18.1. The van der Waals surface area contributed by atoms with Crippen molar-refractivity contribution in [3.05, 3.63) is 131 Å². The fourth-order valence-electron chi connectivity index (χ4n) is 7.10. The lowest BCUT2D eigenvalue weighted by Crippen LogP contribution is -2.39. The minimum absolute atomic E-state index is 0.0185. The maximum Gasteiger partial charge on any atom is 0.257 e. The fraction of sp³-hybridized carbons (Fsp3) is 0.286. The van der Waals surface area contributed by atoms with Gasteiger partial charge in [0.1, 0.15) is 22.9 Å². The van der Waals surface area contributed by atoms with Gasteiger partial charge in [-0.1, -0.05) is 36.4 Å². The maximum atomic E-state index is 15.6. The monoisotopic (exact) mass is 839 g/mol. The highest BCUT2D eigenvalue weighted by atomic mass is 32.2. The third-order valence-electron chi connectivity index (χ3n) is 10.2. The van der Waals surface area contributed by atoms with Crippen LogP contribution < -0.4 is 15.5 Å². The summed E-state index contributed by atoms with van der Waals surface area (Å²) in [6, 6.07) is 24.9. The van der Waals surface area contributed by atoms with Crippen LogP contribution in [0, 0.1) is 5.82 Å². The van der Waals surface area contributed by atoms with Crippen molar-refractivity contribution in [3.63, 3.8) is 0 Å². The Morgan fingerprint density at radius 3 is 2.60 bits per heavy atom. The van der Waals surface area contributed by atoms with Crippen LogP contribution in [0.4, 0.5) is 21.0 Å². The van der Waals surface area contributed by atoms with Crippen molar-refractivity contribution >= 4 is 66.9 Å². The predicted molar refractivity (Wildman–Crippen MR) is 226 cm³/mol. The number of Topliss-reactive ketones (excluding diaryl/α,β-unsaturated/α-hetero) is 1. The van der Waals surface area contributed by atoms with E-state index >= 15 is 4.39 Å². The van der Waals surface area contributed by atoms with Crippen molar-refractivity contribution in [2.75, 3.05) is 66.4 Å². The van der Waals surface area contributed by atoms with E-state index in [4.69, 9.17) is 4.74 Å². The number of sulfone groups is 1. The number of thiazole rings is 1. The Balaban J connectivity index is 0.906. The molecule has 0 bridgehead atoms. The van der Waals surface area contributed by atoms with E-state index in [2.05, 4.69) is 25.5 Å². The van der Waals surface area contributed by atoms with Crippen molar-refractivity contribution in [1.82, 2.24) is 19.3 Å². The van der Waals surface area contributed by atoms with E-state index < -0.39 is 27.2 Å². The number of nitrogens with zero attached hydrogens (tertiary/aromatic N) is 5. The molecule has 12 nitrogen and oxygen atoms in total. The van der Waals surface area contributed by atoms with Gasteiger partial charge in [-0.2, -0.15) is 0 Å². The molecule has 2 aliphatic heterocycles. The maximum absolute atomic E-state index is 15.6. The smallest absolute Gasteiger partial charge is 0.257 e. The van der Waals surface area contributed by atoms with Crippen LogP contribution >= 0.6 is 23.1 Å². The normalized spacial score (nSPS) is 15.2. The summed E-state index contributed by atoms with van der Waals surface area (Å²) in [6.07, 6.45) is 5.02. The minimum atomic E-state index is -4.19. The number of hydrogen-bond donors (Lipinski definition) is 2. The molecule has 16 heteroatoms. The van der Waals surface area contributed by atoms with Gasteiger partial charge < -0.3 is 24.7 Å². The highest BCUT2D eigenvalue weighted by Gasteiger charge is 2.27. The van der Waals surface area contributed by atoms with E-state index in [0.29, 0.717) is 60.6 Å². The highest BCUT2D eigenvalue weighted by Crippen LogP contribution is 2.31. The Hall–Kier alpha value is -5.13. The zero-order valence-corrected chi connectivity index (χ0v) is 34.0. The van der Waals surface area contributed by atoms with Gasteiger partial charge in [0, 0.05) is 66.6 Å². The van der Waals surface area contributed by atoms with E-state index in [1.165, 1.54) is 23.5 Å². The van der Waals surface area contributed by atoms with E-state index in [1.807, 2.05) is 76.2 Å². The zero-order valence-electron chi connectivity index (χ0n) is 31.6. The number of aromatic nitrogens is 3. The standard InChI is InChI=1S/C42H42FN7O5S3/c43-35-23-32(12-13-36(35)44-30(15-17-48-19-21-55-22-20-48)26-56-31-8-2-1-3-9-31)58(53,54)28-38(51)37-27-57-42(45-37)50-18-14-29-7-6-10-33(34(29)24-50)41(52)47-39-25-49-16-5-4-11-40(49)46-39/h1-13,16,23,25,27,30,44H,14-15,17-22,24,26,28H2,(H,47,52)/t30-/m1/s1. The molecule has 0 unspecified atom stereocenters. The van der Waals surface area contributed by atoms with Gasteiger partial charge in [0.15, 0.2) is 26.6 Å². The molecule has 58 heavy (non-hydrogen) atoms. The van der Waals surface area contributed by atoms with Gasteiger partial charge in [-0.25, -0.2) is 22.8 Å². The Labute approximate surface area is 344 Å². The first-order valence-corrected chi connectivity index (χ1v) is 22.6. The van der Waals surface area contributed by atoms with Crippen LogP contribution in [0.5, 0.6) is 0 Å². The molecular weight excluding hydrogens is 798 g/mol. The number of halogens is 1. The number of pyridine rings is 1. The summed E-state index contributed by atoms with van der Waals surface area (Å²) < 4.78 is 49.8. The average molecular weight is 840 g/mol. The summed E-state index contributed by atoms with van der Waals surface area (Å²) in [6.45, 7) is 4.87. The molecule has 8 rings (SSSR count). The number of hydrogen-bond acceptors (Lipinski definition) is 12. The van der Waals surface area contributed by atoms with E-state index in [9.17, 15) is 18.0 Å². The summed E-state index contributed by atoms with van der Waals surface area (Å²) >= 11 is 2.91. The predicted octanol–water partition coefficient (Wildman–Crippen LogP) is 6.70. The lowest BCUT2D eigenvalue weighted by atomic mass is 9.94. The Kier molecular flexibility index (Phi) is 12.2. The molecule has 300 valence electrons. The molecule has 0 saturated carbocycles. The average Bonchev–Trinajstić information content (AvgIpc) is 3.90. The first-order valence-electron chi connectivity index (χ1n) is 19.0. The number of carbonyl (C=O) groups excluding carboxylic acids is 2. The van der Waals surface area contributed by atoms with Gasteiger partial charge in [-0.05, 0) is 72.5 Å². The van der Waals surface area contributed by atoms with Crippen molar-refractivity contribution in [1.29, 1.82) is 0 Å². The molecule has 1 saturated heterocycles. The molecule has 0 aliphatic carbocycles. The van der Waals surface area contributed by atoms with Crippen molar-refractivity contribution in [3.8, 4) is 0 Å². The topological polar surface area (TPSA) is 138 Å². The van der Waals surface area contributed by atoms with Gasteiger partial charge in [0.05, 0.1) is 30.0 Å². The van der Waals surface area contributed by atoms with Gasteiger partial charge >= 0.3 is 0 Å².